The van der Waals surface area contributed by atoms with Gasteiger partial charge in [-0.2, -0.15) is 0 Å². The fourth-order valence-electron chi connectivity index (χ4n) is 0.928. The molecule has 1 N–H and O–H groups in total. The van der Waals surface area contributed by atoms with E-state index in [0.717, 1.165) is 5.56 Å². The molecular weight excluding hydrogens is 152 g/mol. The summed E-state index contributed by atoms with van der Waals surface area (Å²) in [6.07, 6.45) is 0. The van der Waals surface area contributed by atoms with Crippen molar-refractivity contribution in [2.24, 2.45) is 9.98 Å². The minimum atomic E-state index is -0.0000567. The Hall–Kier alpha value is -1.48. The third kappa shape index (κ3) is 1.57. The molecule has 0 heterocycles. The first-order valence-electron chi connectivity index (χ1n) is 3.49. The van der Waals surface area contributed by atoms with Gasteiger partial charge in [0.15, 0.2) is 0 Å². The van der Waals surface area contributed by atoms with Crippen LogP contribution in [0.1, 0.15) is 5.56 Å². The predicted molar refractivity (Wildman–Crippen MR) is 50.8 cm³/mol. The monoisotopic (exact) mass is 162 g/mol. The minimum absolute atomic E-state index is 0.0000567. The molecule has 0 aliphatic heterocycles. The zero-order chi connectivity index (χ0) is 8.97. The van der Waals surface area contributed by atoms with Crippen molar-refractivity contribution >= 4 is 24.8 Å². The van der Waals surface area contributed by atoms with Crippen LogP contribution in [-0.2, 0) is 6.61 Å². The summed E-state index contributed by atoms with van der Waals surface area (Å²) in [5.41, 5.74) is 2.13. The lowest BCUT2D eigenvalue weighted by Crippen LogP contribution is -1.80. The van der Waals surface area contributed by atoms with Gasteiger partial charge in [0.1, 0.15) is 0 Å². The fraction of sp³-hybridized carbons (Fsp3) is 0.111. The third-order valence-corrected chi connectivity index (χ3v) is 1.56. The van der Waals surface area contributed by atoms with Gasteiger partial charge < -0.3 is 5.11 Å². The lowest BCUT2D eigenvalue weighted by atomic mass is 10.2. The summed E-state index contributed by atoms with van der Waals surface area (Å²) in [4.78, 5) is 7.51. The molecule has 1 rings (SSSR count). The van der Waals surface area contributed by atoms with E-state index in [1.54, 1.807) is 18.2 Å². The lowest BCUT2D eigenvalue weighted by molar-refractivity contribution is 0.282. The van der Waals surface area contributed by atoms with Crippen LogP contribution >= 0.6 is 0 Å². The molecule has 62 valence electrons. The van der Waals surface area contributed by atoms with Gasteiger partial charge in [-0.1, -0.05) is 6.07 Å². The van der Waals surface area contributed by atoms with Crippen LogP contribution in [0, 0.1) is 0 Å². The van der Waals surface area contributed by atoms with Crippen molar-refractivity contribution < 1.29 is 5.11 Å². The van der Waals surface area contributed by atoms with Gasteiger partial charge in [0.05, 0.1) is 18.0 Å². The smallest absolute Gasteiger partial charge is 0.0882 e. The first-order chi connectivity index (χ1) is 5.81. The van der Waals surface area contributed by atoms with E-state index in [9.17, 15) is 0 Å². The molecular formula is C9H10N2O. The SMILES string of the molecule is C=Nc1ccc(CO)cc1N=C. The Morgan fingerprint density at radius 2 is 1.83 bits per heavy atom. The molecule has 0 bridgehead atoms. The van der Waals surface area contributed by atoms with Gasteiger partial charge in [-0.3, -0.25) is 9.98 Å². The summed E-state index contributed by atoms with van der Waals surface area (Å²) in [5.74, 6) is 0. The van der Waals surface area contributed by atoms with Gasteiger partial charge >= 0.3 is 0 Å². The van der Waals surface area contributed by atoms with Crippen LogP contribution in [-0.4, -0.2) is 18.5 Å². The Bertz CT molecular complexity index is 307. The highest BCUT2D eigenvalue weighted by molar-refractivity contribution is 5.67. The molecule has 0 spiro atoms. The van der Waals surface area contributed by atoms with Gasteiger partial charge in [-0.15, -0.1) is 0 Å². The molecule has 0 saturated heterocycles. The van der Waals surface area contributed by atoms with Crippen molar-refractivity contribution in [1.82, 2.24) is 0 Å². The molecule has 12 heavy (non-hydrogen) atoms. The second kappa shape index (κ2) is 3.78. The van der Waals surface area contributed by atoms with E-state index in [0.29, 0.717) is 11.4 Å². The van der Waals surface area contributed by atoms with Gasteiger partial charge in [-0.05, 0) is 31.1 Å². The fourth-order valence-corrected chi connectivity index (χ4v) is 0.928. The first-order valence-corrected chi connectivity index (χ1v) is 3.49. The highest BCUT2D eigenvalue weighted by atomic mass is 16.3. The maximum Gasteiger partial charge on any atom is 0.0882 e. The van der Waals surface area contributed by atoms with E-state index in [1.807, 2.05) is 0 Å². The summed E-state index contributed by atoms with van der Waals surface area (Å²) < 4.78 is 0. The standard InChI is InChI=1S/C9H10N2O/c1-10-8-4-3-7(6-12)5-9(8)11-2/h3-5,12H,1-2,6H2. The maximum absolute atomic E-state index is 8.81. The largest absolute Gasteiger partial charge is 0.392 e. The molecule has 0 amide bonds. The number of aliphatic imine (C=N–C) groups is 2. The number of nitrogens with zero attached hydrogens (tertiary/aromatic N) is 2. The van der Waals surface area contributed by atoms with Crippen molar-refractivity contribution in [2.75, 3.05) is 0 Å². The van der Waals surface area contributed by atoms with Gasteiger partial charge in [0.2, 0.25) is 0 Å². The van der Waals surface area contributed by atoms with E-state index < -0.39 is 0 Å². The van der Waals surface area contributed by atoms with E-state index in [1.165, 1.54) is 0 Å². The van der Waals surface area contributed by atoms with Crippen LogP contribution in [0.5, 0.6) is 0 Å². The molecule has 1 aromatic carbocycles. The molecule has 0 saturated carbocycles. The predicted octanol–water partition coefficient (Wildman–Crippen LogP) is 1.84. The highest BCUT2D eigenvalue weighted by Gasteiger charge is 1.98. The van der Waals surface area contributed by atoms with Crippen molar-refractivity contribution in [3.8, 4) is 0 Å². The Morgan fingerprint density at radius 1 is 1.17 bits per heavy atom. The Labute approximate surface area is 71.1 Å². The lowest BCUT2D eigenvalue weighted by Gasteiger charge is -2.01. The quantitative estimate of drug-likeness (QED) is 0.677. The van der Waals surface area contributed by atoms with Crippen molar-refractivity contribution in [3.63, 3.8) is 0 Å². The summed E-state index contributed by atoms with van der Waals surface area (Å²) in [6, 6.07) is 5.26. The topological polar surface area (TPSA) is 45.0 Å². The number of hydrogen-bond acceptors (Lipinski definition) is 3. The van der Waals surface area contributed by atoms with E-state index in [4.69, 9.17) is 5.11 Å². The minimum Gasteiger partial charge on any atom is -0.392 e. The van der Waals surface area contributed by atoms with Gasteiger partial charge in [-0.25, -0.2) is 0 Å². The molecule has 0 aromatic heterocycles. The molecule has 0 aliphatic carbocycles. The zero-order valence-electron chi connectivity index (χ0n) is 6.70. The Kier molecular flexibility index (Phi) is 2.71. The van der Waals surface area contributed by atoms with Crippen molar-refractivity contribution in [1.29, 1.82) is 0 Å². The summed E-state index contributed by atoms with van der Waals surface area (Å²) >= 11 is 0. The van der Waals surface area contributed by atoms with Crippen LogP contribution < -0.4 is 0 Å². The normalized spacial score (nSPS) is 9.42. The molecule has 0 atom stereocenters. The van der Waals surface area contributed by atoms with Crippen LogP contribution in [0.2, 0.25) is 0 Å². The second-order valence-electron chi connectivity index (χ2n) is 2.30. The summed E-state index contributed by atoms with van der Waals surface area (Å²) in [5, 5.41) is 8.81. The maximum atomic E-state index is 8.81. The molecule has 0 aliphatic rings. The van der Waals surface area contributed by atoms with E-state index in [-0.39, 0.29) is 6.61 Å². The van der Waals surface area contributed by atoms with Crippen molar-refractivity contribution in [3.05, 3.63) is 23.8 Å². The zero-order valence-corrected chi connectivity index (χ0v) is 6.70. The highest BCUT2D eigenvalue weighted by Crippen LogP contribution is 2.27. The summed E-state index contributed by atoms with van der Waals surface area (Å²) in [6.45, 7) is 6.79. The number of hydrogen-bond donors (Lipinski definition) is 1. The van der Waals surface area contributed by atoms with Crippen LogP contribution in [0.15, 0.2) is 28.2 Å². The Morgan fingerprint density at radius 3 is 2.33 bits per heavy atom. The molecule has 1 aromatic rings. The molecule has 0 fully saturated rings. The van der Waals surface area contributed by atoms with Crippen molar-refractivity contribution in [2.45, 2.75) is 6.61 Å². The van der Waals surface area contributed by atoms with E-state index in [2.05, 4.69) is 23.4 Å². The van der Waals surface area contributed by atoms with Crippen LogP contribution in [0.25, 0.3) is 0 Å². The third-order valence-electron chi connectivity index (χ3n) is 1.56. The Balaban J connectivity index is 3.18. The molecule has 3 heteroatoms. The summed E-state index contributed by atoms with van der Waals surface area (Å²) in [7, 11) is 0. The second-order valence-corrected chi connectivity index (χ2v) is 2.30. The van der Waals surface area contributed by atoms with Gasteiger partial charge in [0.25, 0.3) is 0 Å². The first kappa shape index (κ1) is 8.62. The number of aliphatic hydroxyl groups is 1. The number of aliphatic hydroxyl groups excluding tert-OH is 1. The van der Waals surface area contributed by atoms with Gasteiger partial charge in [0, 0.05) is 0 Å². The van der Waals surface area contributed by atoms with Crippen LogP contribution in [0.3, 0.4) is 0 Å². The van der Waals surface area contributed by atoms with E-state index >= 15 is 0 Å². The molecule has 0 unspecified atom stereocenters. The average molecular weight is 162 g/mol. The molecule has 0 radical (unpaired) electrons. The molecule has 3 nitrogen and oxygen atoms in total. The number of benzene rings is 1. The van der Waals surface area contributed by atoms with Crippen LogP contribution in [0.4, 0.5) is 11.4 Å². The number of rotatable bonds is 3. The average Bonchev–Trinajstić information content (AvgIpc) is 2.16.